The van der Waals surface area contributed by atoms with Crippen molar-refractivity contribution in [1.29, 1.82) is 5.26 Å². The van der Waals surface area contributed by atoms with E-state index in [4.69, 9.17) is 5.26 Å². The van der Waals surface area contributed by atoms with Gasteiger partial charge in [-0.25, -0.2) is 0 Å². The molecule has 2 nitrogen and oxygen atoms in total. The molecule has 0 heterocycles. The summed E-state index contributed by atoms with van der Waals surface area (Å²) in [5.41, 5.74) is 1.06. The molecule has 0 amide bonds. The summed E-state index contributed by atoms with van der Waals surface area (Å²) in [5.74, 6) is 0. The van der Waals surface area contributed by atoms with Crippen LogP contribution in [0.1, 0.15) is 11.1 Å². The highest BCUT2D eigenvalue weighted by atomic mass is 16.3. The zero-order chi connectivity index (χ0) is 7.40. The first kappa shape index (κ1) is 6.79. The fourth-order valence-electron chi connectivity index (χ4n) is 0.755. The Kier molecular flexibility index (Phi) is 2.03. The lowest BCUT2D eigenvalue weighted by Gasteiger charge is -2.04. The molecular formula is C8H6NO-. The van der Waals surface area contributed by atoms with Crippen molar-refractivity contribution >= 4 is 0 Å². The Morgan fingerprint density at radius 3 is 2.60 bits per heavy atom. The number of benzene rings is 1. The molecule has 0 aliphatic rings. The first-order chi connectivity index (χ1) is 4.88. The second-order valence-corrected chi connectivity index (χ2v) is 1.91. The molecule has 2 heteroatoms. The quantitative estimate of drug-likeness (QED) is 0.555. The minimum Gasteiger partial charge on any atom is -0.851 e. The van der Waals surface area contributed by atoms with E-state index in [0.29, 0.717) is 11.1 Å². The molecule has 0 saturated carbocycles. The lowest BCUT2D eigenvalue weighted by atomic mass is 10.1. The van der Waals surface area contributed by atoms with Gasteiger partial charge in [-0.2, -0.15) is 5.26 Å². The molecule has 0 spiro atoms. The summed E-state index contributed by atoms with van der Waals surface area (Å²) in [6.07, 6.45) is 0. The highest BCUT2D eigenvalue weighted by Gasteiger charge is 1.91. The predicted molar refractivity (Wildman–Crippen MR) is 34.9 cm³/mol. The van der Waals surface area contributed by atoms with Crippen molar-refractivity contribution in [2.75, 3.05) is 0 Å². The van der Waals surface area contributed by atoms with E-state index in [-0.39, 0.29) is 6.61 Å². The van der Waals surface area contributed by atoms with Crippen LogP contribution in [0.4, 0.5) is 0 Å². The molecule has 1 aromatic rings. The monoisotopic (exact) mass is 132 g/mol. The molecule has 10 heavy (non-hydrogen) atoms. The van der Waals surface area contributed by atoms with Crippen molar-refractivity contribution in [3.8, 4) is 6.07 Å². The van der Waals surface area contributed by atoms with Crippen LogP contribution in [-0.4, -0.2) is 0 Å². The highest BCUT2D eigenvalue weighted by Crippen LogP contribution is 2.04. The van der Waals surface area contributed by atoms with Gasteiger partial charge in [0.15, 0.2) is 0 Å². The SMILES string of the molecule is N#Cc1ccccc1C[O-]. The number of nitrogens with zero attached hydrogens (tertiary/aromatic N) is 1. The summed E-state index contributed by atoms with van der Waals surface area (Å²) in [6.45, 7) is -0.316. The molecule has 0 aromatic heterocycles. The number of hydrogen-bond acceptors (Lipinski definition) is 2. The number of nitriles is 1. The molecule has 0 aliphatic heterocycles. The summed E-state index contributed by atoms with van der Waals surface area (Å²) < 4.78 is 0. The van der Waals surface area contributed by atoms with Gasteiger partial charge in [-0.3, -0.25) is 0 Å². The largest absolute Gasteiger partial charge is 0.851 e. The Morgan fingerprint density at radius 2 is 2.10 bits per heavy atom. The van der Waals surface area contributed by atoms with Crippen LogP contribution in [-0.2, 0) is 6.61 Å². The highest BCUT2D eigenvalue weighted by molar-refractivity contribution is 5.36. The van der Waals surface area contributed by atoms with Gasteiger partial charge in [0.25, 0.3) is 0 Å². The first-order valence-electron chi connectivity index (χ1n) is 2.94. The molecule has 0 aliphatic carbocycles. The Hall–Kier alpha value is -1.33. The maximum absolute atomic E-state index is 10.4. The predicted octanol–water partition coefficient (Wildman–Crippen LogP) is 0.419. The lowest BCUT2D eigenvalue weighted by molar-refractivity contribution is -0.386. The summed E-state index contributed by atoms with van der Waals surface area (Å²) in [4.78, 5) is 0. The summed E-state index contributed by atoms with van der Waals surface area (Å²) in [6, 6.07) is 8.77. The minimum atomic E-state index is -0.316. The molecule has 0 N–H and O–H groups in total. The molecule has 1 aromatic carbocycles. The Balaban J connectivity index is 3.12. The maximum Gasteiger partial charge on any atom is 0.0993 e. The third kappa shape index (κ3) is 1.15. The normalized spacial score (nSPS) is 8.80. The zero-order valence-electron chi connectivity index (χ0n) is 5.37. The van der Waals surface area contributed by atoms with E-state index in [1.165, 1.54) is 0 Å². The number of rotatable bonds is 1. The van der Waals surface area contributed by atoms with Crippen molar-refractivity contribution in [3.05, 3.63) is 35.4 Å². The molecule has 0 bridgehead atoms. The van der Waals surface area contributed by atoms with Crippen LogP contribution in [0, 0.1) is 11.3 Å². The van der Waals surface area contributed by atoms with Crippen molar-refractivity contribution in [1.82, 2.24) is 0 Å². The van der Waals surface area contributed by atoms with E-state index in [1.54, 1.807) is 24.3 Å². The third-order valence-corrected chi connectivity index (χ3v) is 1.29. The molecule has 0 atom stereocenters. The fraction of sp³-hybridized carbons (Fsp3) is 0.125. The second-order valence-electron chi connectivity index (χ2n) is 1.91. The van der Waals surface area contributed by atoms with E-state index >= 15 is 0 Å². The molecular weight excluding hydrogens is 126 g/mol. The van der Waals surface area contributed by atoms with Gasteiger partial charge >= 0.3 is 0 Å². The van der Waals surface area contributed by atoms with Crippen LogP contribution in [0.3, 0.4) is 0 Å². The van der Waals surface area contributed by atoms with Crippen molar-refractivity contribution in [2.45, 2.75) is 6.61 Å². The summed E-state index contributed by atoms with van der Waals surface area (Å²) >= 11 is 0. The minimum absolute atomic E-state index is 0.316. The average molecular weight is 132 g/mol. The van der Waals surface area contributed by atoms with E-state index < -0.39 is 0 Å². The zero-order valence-corrected chi connectivity index (χ0v) is 5.37. The molecule has 0 saturated heterocycles. The Labute approximate surface area is 59.3 Å². The molecule has 1 rings (SSSR count). The Bertz CT molecular complexity index is 262. The van der Waals surface area contributed by atoms with Crippen LogP contribution < -0.4 is 5.11 Å². The van der Waals surface area contributed by atoms with Crippen LogP contribution in [0.25, 0.3) is 0 Å². The van der Waals surface area contributed by atoms with Gasteiger partial charge in [0.05, 0.1) is 11.6 Å². The van der Waals surface area contributed by atoms with Crippen LogP contribution in [0.5, 0.6) is 0 Å². The van der Waals surface area contributed by atoms with Crippen LogP contribution in [0.2, 0.25) is 0 Å². The van der Waals surface area contributed by atoms with Gasteiger partial charge in [0.2, 0.25) is 0 Å². The molecule has 0 radical (unpaired) electrons. The van der Waals surface area contributed by atoms with E-state index in [1.807, 2.05) is 6.07 Å². The van der Waals surface area contributed by atoms with E-state index in [9.17, 15) is 5.11 Å². The van der Waals surface area contributed by atoms with E-state index in [0.717, 1.165) is 0 Å². The number of hydrogen-bond donors (Lipinski definition) is 0. The third-order valence-electron chi connectivity index (χ3n) is 1.29. The van der Waals surface area contributed by atoms with Gasteiger partial charge in [-0.05, 0) is 11.6 Å². The van der Waals surface area contributed by atoms with Gasteiger partial charge in [-0.15, -0.1) is 6.61 Å². The van der Waals surface area contributed by atoms with Gasteiger partial charge < -0.3 is 5.11 Å². The van der Waals surface area contributed by atoms with Crippen molar-refractivity contribution in [2.24, 2.45) is 0 Å². The van der Waals surface area contributed by atoms with E-state index in [2.05, 4.69) is 0 Å². The topological polar surface area (TPSA) is 46.8 Å². The van der Waals surface area contributed by atoms with Gasteiger partial charge in [0.1, 0.15) is 0 Å². The molecule has 0 fully saturated rings. The standard InChI is InChI=1S/C8H6NO/c9-5-7-3-1-2-4-8(7)6-10/h1-4H,6H2/q-1. The summed E-state index contributed by atoms with van der Waals surface area (Å²) in [5, 5.41) is 18.8. The molecule has 0 unspecified atom stereocenters. The van der Waals surface area contributed by atoms with Crippen molar-refractivity contribution < 1.29 is 5.11 Å². The smallest absolute Gasteiger partial charge is 0.0993 e. The average Bonchev–Trinajstić information content (AvgIpc) is 2.04. The van der Waals surface area contributed by atoms with Gasteiger partial charge in [0, 0.05) is 0 Å². The Morgan fingerprint density at radius 1 is 1.40 bits per heavy atom. The molecule has 50 valence electrons. The first-order valence-corrected chi connectivity index (χ1v) is 2.94. The van der Waals surface area contributed by atoms with Crippen LogP contribution >= 0.6 is 0 Å². The second kappa shape index (κ2) is 3.00. The van der Waals surface area contributed by atoms with Crippen LogP contribution in [0.15, 0.2) is 24.3 Å². The van der Waals surface area contributed by atoms with Gasteiger partial charge in [-0.1, -0.05) is 18.2 Å². The summed E-state index contributed by atoms with van der Waals surface area (Å²) in [7, 11) is 0. The maximum atomic E-state index is 10.4. The lowest BCUT2D eigenvalue weighted by Crippen LogP contribution is -2.03. The fourth-order valence-corrected chi connectivity index (χ4v) is 0.755. The van der Waals surface area contributed by atoms with Crippen molar-refractivity contribution in [3.63, 3.8) is 0 Å².